The molecule has 0 saturated carbocycles. The van der Waals surface area contributed by atoms with Gasteiger partial charge in [-0.15, -0.1) is 0 Å². The van der Waals surface area contributed by atoms with E-state index in [1.54, 1.807) is 0 Å². The first-order valence-electron chi connectivity index (χ1n) is 10.6. The second kappa shape index (κ2) is 10.2. The zero-order valence-corrected chi connectivity index (χ0v) is 17.2. The van der Waals surface area contributed by atoms with Gasteiger partial charge in [-0.25, -0.2) is 0 Å². The number of fused-ring (bicyclic) bond motifs is 1. The monoisotopic (exact) mass is 404 g/mol. The van der Waals surface area contributed by atoms with Gasteiger partial charge in [-0.05, 0) is 47.0 Å². The molecule has 1 heterocycles. The number of amides is 1. The third-order valence-electron chi connectivity index (χ3n) is 5.29. The molecule has 0 spiro atoms. The van der Waals surface area contributed by atoms with Crippen molar-refractivity contribution in [1.29, 1.82) is 0 Å². The Morgan fingerprint density at radius 2 is 1.73 bits per heavy atom. The van der Waals surface area contributed by atoms with E-state index in [-0.39, 0.29) is 5.91 Å². The molecule has 5 heteroatoms. The molecular formula is C25H28N2O3. The van der Waals surface area contributed by atoms with E-state index in [9.17, 15) is 4.79 Å². The topological polar surface area (TPSA) is 50.8 Å². The summed E-state index contributed by atoms with van der Waals surface area (Å²) in [4.78, 5) is 14.6. The number of carbonyl (C=O) groups is 1. The van der Waals surface area contributed by atoms with Crippen molar-refractivity contribution in [1.82, 2.24) is 4.90 Å². The largest absolute Gasteiger partial charge is 0.494 e. The lowest BCUT2D eigenvalue weighted by atomic mass is 10.1. The van der Waals surface area contributed by atoms with Crippen molar-refractivity contribution in [3.63, 3.8) is 0 Å². The number of benzene rings is 3. The summed E-state index contributed by atoms with van der Waals surface area (Å²) in [5, 5.41) is 5.32. The third kappa shape index (κ3) is 5.81. The van der Waals surface area contributed by atoms with Gasteiger partial charge in [0.1, 0.15) is 5.75 Å². The fraction of sp³-hybridized carbons (Fsp3) is 0.320. The molecule has 1 aliphatic heterocycles. The van der Waals surface area contributed by atoms with Gasteiger partial charge in [0.25, 0.3) is 0 Å². The Morgan fingerprint density at radius 1 is 0.967 bits per heavy atom. The summed E-state index contributed by atoms with van der Waals surface area (Å²) >= 11 is 0. The molecule has 0 unspecified atom stereocenters. The van der Waals surface area contributed by atoms with E-state index in [1.165, 1.54) is 10.9 Å². The number of ether oxygens (including phenoxy) is 2. The maximum absolute atomic E-state index is 12.2. The van der Waals surface area contributed by atoms with Crippen LogP contribution in [0.3, 0.4) is 0 Å². The van der Waals surface area contributed by atoms with Crippen LogP contribution >= 0.6 is 0 Å². The minimum absolute atomic E-state index is 0.0121. The number of carbonyl (C=O) groups excluding carboxylic acids is 1. The van der Waals surface area contributed by atoms with E-state index in [1.807, 2.05) is 36.4 Å². The van der Waals surface area contributed by atoms with Crippen LogP contribution in [0.5, 0.6) is 5.75 Å². The second-order valence-corrected chi connectivity index (χ2v) is 7.59. The van der Waals surface area contributed by atoms with Gasteiger partial charge in [-0.2, -0.15) is 0 Å². The highest BCUT2D eigenvalue weighted by Crippen LogP contribution is 2.20. The van der Waals surface area contributed by atoms with Crippen LogP contribution in [0.2, 0.25) is 0 Å². The van der Waals surface area contributed by atoms with Crippen molar-refractivity contribution < 1.29 is 14.3 Å². The lowest BCUT2D eigenvalue weighted by Gasteiger charge is -2.26. The van der Waals surface area contributed by atoms with Crippen LogP contribution in [0.25, 0.3) is 10.8 Å². The number of rotatable bonds is 8. The summed E-state index contributed by atoms with van der Waals surface area (Å²) < 4.78 is 11.2. The molecule has 4 rings (SSSR count). The zero-order valence-electron chi connectivity index (χ0n) is 17.2. The maximum atomic E-state index is 12.2. The molecule has 0 aromatic heterocycles. The van der Waals surface area contributed by atoms with Gasteiger partial charge >= 0.3 is 0 Å². The summed E-state index contributed by atoms with van der Waals surface area (Å²) in [6.45, 7) is 4.99. The average Bonchev–Trinajstić information content (AvgIpc) is 2.79. The molecule has 1 N–H and O–H groups in total. The molecule has 156 valence electrons. The Morgan fingerprint density at radius 3 is 2.53 bits per heavy atom. The molecule has 1 fully saturated rings. The van der Waals surface area contributed by atoms with E-state index in [0.29, 0.717) is 19.4 Å². The number of hydrogen-bond donors (Lipinski definition) is 1. The van der Waals surface area contributed by atoms with Crippen molar-refractivity contribution in [2.24, 2.45) is 0 Å². The van der Waals surface area contributed by atoms with Crippen molar-refractivity contribution in [3.05, 3.63) is 72.3 Å². The Labute approximate surface area is 177 Å². The summed E-state index contributed by atoms with van der Waals surface area (Å²) in [5.74, 6) is 0.850. The SMILES string of the molecule is O=C(CCCOc1ccc2ccccc2c1)Nc1ccc(CN2CCOCC2)cc1. The Bertz CT molecular complexity index is 966. The predicted octanol–water partition coefficient (Wildman–Crippen LogP) is 4.47. The molecule has 3 aromatic rings. The minimum atomic E-state index is 0.0121. The lowest BCUT2D eigenvalue weighted by molar-refractivity contribution is -0.116. The molecule has 3 aromatic carbocycles. The number of hydrogen-bond acceptors (Lipinski definition) is 4. The number of morpholine rings is 1. The quantitative estimate of drug-likeness (QED) is 0.563. The Balaban J connectivity index is 1.18. The number of nitrogens with zero attached hydrogens (tertiary/aromatic N) is 1. The van der Waals surface area contributed by atoms with Gasteiger partial charge in [-0.1, -0.05) is 42.5 Å². The summed E-state index contributed by atoms with van der Waals surface area (Å²) in [7, 11) is 0. The van der Waals surface area contributed by atoms with Gasteiger partial charge in [0, 0.05) is 31.7 Å². The summed E-state index contributed by atoms with van der Waals surface area (Å²) in [5.41, 5.74) is 2.08. The molecule has 1 saturated heterocycles. The highest BCUT2D eigenvalue weighted by Gasteiger charge is 2.10. The second-order valence-electron chi connectivity index (χ2n) is 7.59. The maximum Gasteiger partial charge on any atom is 0.224 e. The van der Waals surface area contributed by atoms with E-state index in [0.717, 1.165) is 49.7 Å². The Hall–Kier alpha value is -2.89. The van der Waals surface area contributed by atoms with Crippen LogP contribution in [0.4, 0.5) is 5.69 Å². The van der Waals surface area contributed by atoms with Gasteiger partial charge in [-0.3, -0.25) is 9.69 Å². The molecule has 0 atom stereocenters. The van der Waals surface area contributed by atoms with Crippen molar-refractivity contribution >= 4 is 22.4 Å². The van der Waals surface area contributed by atoms with Crippen LogP contribution < -0.4 is 10.1 Å². The summed E-state index contributed by atoms with van der Waals surface area (Å²) in [6, 6.07) is 22.4. The number of anilines is 1. The zero-order chi connectivity index (χ0) is 20.6. The predicted molar refractivity (Wildman–Crippen MR) is 120 cm³/mol. The van der Waals surface area contributed by atoms with Crippen LogP contribution in [0.15, 0.2) is 66.7 Å². The van der Waals surface area contributed by atoms with E-state index < -0.39 is 0 Å². The first-order chi connectivity index (χ1) is 14.8. The van der Waals surface area contributed by atoms with E-state index in [4.69, 9.17) is 9.47 Å². The molecule has 1 amide bonds. The smallest absolute Gasteiger partial charge is 0.224 e. The molecule has 5 nitrogen and oxygen atoms in total. The van der Waals surface area contributed by atoms with Crippen LogP contribution in [0, 0.1) is 0 Å². The van der Waals surface area contributed by atoms with Gasteiger partial charge in [0.15, 0.2) is 0 Å². The van der Waals surface area contributed by atoms with Gasteiger partial charge in [0.2, 0.25) is 5.91 Å². The normalized spacial score (nSPS) is 14.5. The van der Waals surface area contributed by atoms with Crippen molar-refractivity contribution in [2.45, 2.75) is 19.4 Å². The van der Waals surface area contributed by atoms with Crippen molar-refractivity contribution in [3.8, 4) is 5.75 Å². The lowest BCUT2D eigenvalue weighted by Crippen LogP contribution is -2.35. The van der Waals surface area contributed by atoms with Gasteiger partial charge in [0.05, 0.1) is 19.8 Å². The third-order valence-corrected chi connectivity index (χ3v) is 5.29. The molecule has 0 aliphatic carbocycles. The highest BCUT2D eigenvalue weighted by molar-refractivity contribution is 5.90. The fourth-order valence-corrected chi connectivity index (χ4v) is 3.61. The van der Waals surface area contributed by atoms with E-state index >= 15 is 0 Å². The minimum Gasteiger partial charge on any atom is -0.494 e. The highest BCUT2D eigenvalue weighted by atomic mass is 16.5. The fourth-order valence-electron chi connectivity index (χ4n) is 3.61. The van der Waals surface area contributed by atoms with E-state index in [2.05, 4.69) is 40.5 Å². The molecular weight excluding hydrogens is 376 g/mol. The van der Waals surface area contributed by atoms with Crippen LogP contribution in [-0.2, 0) is 16.1 Å². The Kier molecular flexibility index (Phi) is 6.95. The number of nitrogens with one attached hydrogen (secondary N) is 1. The average molecular weight is 405 g/mol. The first kappa shape index (κ1) is 20.4. The molecule has 0 bridgehead atoms. The van der Waals surface area contributed by atoms with Crippen molar-refractivity contribution in [2.75, 3.05) is 38.2 Å². The van der Waals surface area contributed by atoms with Gasteiger partial charge < -0.3 is 14.8 Å². The molecule has 1 aliphatic rings. The summed E-state index contributed by atoms with van der Waals surface area (Å²) in [6.07, 6.45) is 1.11. The van der Waals surface area contributed by atoms with Crippen LogP contribution in [0.1, 0.15) is 18.4 Å². The molecule has 0 radical (unpaired) electrons. The van der Waals surface area contributed by atoms with Crippen LogP contribution in [-0.4, -0.2) is 43.7 Å². The standard InChI is InChI=1S/C25H28N2O3/c28-25(6-3-15-30-24-12-9-21-4-1-2-5-22(21)18-24)26-23-10-7-20(8-11-23)19-27-13-16-29-17-14-27/h1-2,4-5,7-12,18H,3,6,13-17,19H2,(H,26,28). The molecule has 30 heavy (non-hydrogen) atoms. The first-order valence-corrected chi connectivity index (χ1v) is 10.6.